The summed E-state index contributed by atoms with van der Waals surface area (Å²) in [5.41, 5.74) is 2.26. The second-order valence-corrected chi connectivity index (χ2v) is 4.76. The lowest BCUT2D eigenvalue weighted by Crippen LogP contribution is -2.27. The number of carbonyl (C=O) groups excluding carboxylic acids is 1. The number of carbonyl (C=O) groups is 2. The van der Waals surface area contributed by atoms with Crippen molar-refractivity contribution in [3.63, 3.8) is 0 Å². The Morgan fingerprint density at radius 1 is 0.905 bits per heavy atom. The van der Waals surface area contributed by atoms with Gasteiger partial charge in [-0.1, -0.05) is 42.5 Å². The molecule has 2 aromatic carbocycles. The smallest absolute Gasteiger partial charge is 0.335 e. The number of hydrogen-bond donors (Lipinski definition) is 2. The van der Waals surface area contributed by atoms with Gasteiger partial charge >= 0.3 is 5.97 Å². The summed E-state index contributed by atoms with van der Waals surface area (Å²) >= 11 is 0. The molecule has 0 atom stereocenters. The van der Waals surface area contributed by atoms with Crippen LogP contribution in [-0.2, 0) is 17.6 Å². The van der Waals surface area contributed by atoms with Crippen molar-refractivity contribution < 1.29 is 14.7 Å². The highest BCUT2D eigenvalue weighted by Crippen LogP contribution is 2.05. The monoisotopic (exact) mass is 283 g/mol. The highest BCUT2D eigenvalue weighted by molar-refractivity contribution is 5.87. The fraction of sp³-hybridized carbons (Fsp3) is 0.176. The van der Waals surface area contributed by atoms with Gasteiger partial charge in [0.25, 0.3) is 0 Å². The zero-order valence-corrected chi connectivity index (χ0v) is 11.6. The van der Waals surface area contributed by atoms with Gasteiger partial charge in [0.05, 0.1) is 12.0 Å². The Labute approximate surface area is 123 Å². The van der Waals surface area contributed by atoms with Crippen molar-refractivity contribution in [2.24, 2.45) is 0 Å². The predicted molar refractivity (Wildman–Crippen MR) is 80.3 cm³/mol. The molecule has 108 valence electrons. The summed E-state index contributed by atoms with van der Waals surface area (Å²) in [4.78, 5) is 22.5. The number of amides is 1. The van der Waals surface area contributed by atoms with Crippen LogP contribution in [0.1, 0.15) is 21.5 Å². The molecule has 0 heterocycles. The summed E-state index contributed by atoms with van der Waals surface area (Å²) in [5.74, 6) is -0.943. The summed E-state index contributed by atoms with van der Waals surface area (Å²) in [5, 5.41) is 11.7. The largest absolute Gasteiger partial charge is 0.478 e. The van der Waals surface area contributed by atoms with E-state index in [1.54, 1.807) is 24.3 Å². The van der Waals surface area contributed by atoms with E-state index in [0.717, 1.165) is 11.1 Å². The molecule has 0 aliphatic rings. The van der Waals surface area contributed by atoms with E-state index in [-0.39, 0.29) is 11.5 Å². The van der Waals surface area contributed by atoms with Gasteiger partial charge in [0.2, 0.25) is 5.91 Å². The molecule has 2 rings (SSSR count). The highest BCUT2D eigenvalue weighted by Gasteiger charge is 2.04. The first-order valence-corrected chi connectivity index (χ1v) is 6.78. The Bertz CT molecular complexity index is 606. The van der Waals surface area contributed by atoms with Gasteiger partial charge in [-0.25, -0.2) is 4.79 Å². The van der Waals surface area contributed by atoms with E-state index in [0.29, 0.717) is 19.4 Å². The molecule has 0 unspecified atom stereocenters. The van der Waals surface area contributed by atoms with Crippen LogP contribution in [0.5, 0.6) is 0 Å². The van der Waals surface area contributed by atoms with Crippen LogP contribution in [0.15, 0.2) is 54.6 Å². The molecular formula is C17H17NO3. The summed E-state index contributed by atoms with van der Waals surface area (Å²) in [6.45, 7) is 0.540. The van der Waals surface area contributed by atoms with E-state index in [1.165, 1.54) is 0 Å². The maximum Gasteiger partial charge on any atom is 0.335 e. The van der Waals surface area contributed by atoms with Crippen molar-refractivity contribution in [2.75, 3.05) is 6.54 Å². The van der Waals surface area contributed by atoms with Crippen LogP contribution in [0.4, 0.5) is 0 Å². The van der Waals surface area contributed by atoms with Gasteiger partial charge < -0.3 is 10.4 Å². The molecule has 2 aromatic rings. The molecule has 0 spiro atoms. The van der Waals surface area contributed by atoms with Gasteiger partial charge in [-0.3, -0.25) is 4.79 Å². The van der Waals surface area contributed by atoms with Crippen LogP contribution in [0.3, 0.4) is 0 Å². The van der Waals surface area contributed by atoms with E-state index in [4.69, 9.17) is 5.11 Å². The van der Waals surface area contributed by atoms with Crippen LogP contribution in [-0.4, -0.2) is 23.5 Å². The minimum absolute atomic E-state index is 0.0108. The Kier molecular flexibility index (Phi) is 5.10. The van der Waals surface area contributed by atoms with E-state index in [1.807, 2.05) is 30.3 Å². The third kappa shape index (κ3) is 4.76. The van der Waals surface area contributed by atoms with Crippen molar-refractivity contribution in [2.45, 2.75) is 12.8 Å². The van der Waals surface area contributed by atoms with Crippen molar-refractivity contribution in [1.29, 1.82) is 0 Å². The highest BCUT2D eigenvalue weighted by atomic mass is 16.4. The lowest BCUT2D eigenvalue weighted by molar-refractivity contribution is -0.120. The molecule has 0 aliphatic carbocycles. The van der Waals surface area contributed by atoms with Crippen molar-refractivity contribution in [3.8, 4) is 0 Å². The van der Waals surface area contributed by atoms with Crippen molar-refractivity contribution in [1.82, 2.24) is 5.32 Å². The Balaban J connectivity index is 1.76. The lowest BCUT2D eigenvalue weighted by atomic mass is 10.1. The number of carboxylic acids is 1. The molecule has 2 N–H and O–H groups in total. The number of hydrogen-bond acceptors (Lipinski definition) is 2. The fourth-order valence-electron chi connectivity index (χ4n) is 2.00. The standard InChI is InChI=1S/C17H17NO3/c19-16(12-14-4-2-1-3-5-14)18-11-10-13-6-8-15(9-7-13)17(20)21/h1-9H,10-12H2,(H,18,19)(H,20,21). The van der Waals surface area contributed by atoms with Gasteiger partial charge in [0.15, 0.2) is 0 Å². The molecule has 0 aliphatic heterocycles. The van der Waals surface area contributed by atoms with Crippen LogP contribution in [0.25, 0.3) is 0 Å². The zero-order valence-electron chi connectivity index (χ0n) is 11.6. The molecular weight excluding hydrogens is 266 g/mol. The molecule has 0 radical (unpaired) electrons. The van der Waals surface area contributed by atoms with Crippen molar-refractivity contribution >= 4 is 11.9 Å². The van der Waals surface area contributed by atoms with Crippen LogP contribution < -0.4 is 5.32 Å². The minimum atomic E-state index is -0.933. The molecule has 4 nitrogen and oxygen atoms in total. The molecule has 0 bridgehead atoms. The number of aromatic carboxylic acids is 1. The summed E-state index contributed by atoms with van der Waals surface area (Å²) < 4.78 is 0. The maximum atomic E-state index is 11.8. The second kappa shape index (κ2) is 7.24. The molecule has 1 amide bonds. The fourth-order valence-corrected chi connectivity index (χ4v) is 2.00. The van der Waals surface area contributed by atoms with Gasteiger partial charge in [0, 0.05) is 6.54 Å². The third-order valence-corrected chi connectivity index (χ3v) is 3.14. The first-order valence-electron chi connectivity index (χ1n) is 6.78. The third-order valence-electron chi connectivity index (χ3n) is 3.14. The summed E-state index contributed by atoms with van der Waals surface area (Å²) in [6.07, 6.45) is 1.05. The van der Waals surface area contributed by atoms with Crippen LogP contribution in [0.2, 0.25) is 0 Å². The molecule has 0 aromatic heterocycles. The second-order valence-electron chi connectivity index (χ2n) is 4.76. The Morgan fingerprint density at radius 3 is 2.19 bits per heavy atom. The minimum Gasteiger partial charge on any atom is -0.478 e. The molecule has 0 saturated carbocycles. The van der Waals surface area contributed by atoms with Gasteiger partial charge in [-0.2, -0.15) is 0 Å². The maximum absolute atomic E-state index is 11.8. The summed E-state index contributed by atoms with van der Waals surface area (Å²) in [7, 11) is 0. The van der Waals surface area contributed by atoms with E-state index in [9.17, 15) is 9.59 Å². The first kappa shape index (κ1) is 14.8. The quantitative estimate of drug-likeness (QED) is 0.854. The number of carboxylic acid groups (broad SMARTS) is 1. The molecule has 4 heteroatoms. The van der Waals surface area contributed by atoms with E-state index < -0.39 is 5.97 Å². The van der Waals surface area contributed by atoms with E-state index >= 15 is 0 Å². The van der Waals surface area contributed by atoms with Crippen molar-refractivity contribution in [3.05, 3.63) is 71.3 Å². The Morgan fingerprint density at radius 2 is 1.57 bits per heavy atom. The van der Waals surface area contributed by atoms with Gasteiger partial charge in [0.1, 0.15) is 0 Å². The predicted octanol–water partition coefficient (Wildman–Crippen LogP) is 2.29. The first-order chi connectivity index (χ1) is 10.1. The van der Waals surface area contributed by atoms with Crippen LogP contribution in [0, 0.1) is 0 Å². The normalized spacial score (nSPS) is 10.1. The zero-order chi connectivity index (χ0) is 15.1. The van der Waals surface area contributed by atoms with E-state index in [2.05, 4.69) is 5.32 Å². The molecule has 0 saturated heterocycles. The van der Waals surface area contributed by atoms with Crippen LogP contribution >= 0.6 is 0 Å². The Hall–Kier alpha value is -2.62. The number of rotatable bonds is 6. The number of nitrogens with one attached hydrogen (secondary N) is 1. The number of benzene rings is 2. The summed E-state index contributed by atoms with van der Waals surface area (Å²) in [6, 6.07) is 16.3. The SMILES string of the molecule is O=C(Cc1ccccc1)NCCc1ccc(C(=O)O)cc1. The van der Waals surface area contributed by atoms with Gasteiger partial charge in [-0.05, 0) is 29.7 Å². The molecule has 21 heavy (non-hydrogen) atoms. The van der Waals surface area contributed by atoms with Gasteiger partial charge in [-0.15, -0.1) is 0 Å². The molecule has 0 fully saturated rings. The lowest BCUT2D eigenvalue weighted by Gasteiger charge is -2.06. The average molecular weight is 283 g/mol. The average Bonchev–Trinajstić information content (AvgIpc) is 2.49. The topological polar surface area (TPSA) is 66.4 Å².